The Morgan fingerprint density at radius 1 is 1.23 bits per heavy atom. The van der Waals surface area contributed by atoms with Crippen LogP contribution in [0.1, 0.15) is 43.0 Å². The van der Waals surface area contributed by atoms with E-state index in [1.807, 2.05) is 18.2 Å². The third-order valence-electron chi connectivity index (χ3n) is 4.82. The maximum Gasteiger partial charge on any atom is 0.245 e. The Balaban J connectivity index is 1.45. The molecule has 1 aromatic carbocycles. The van der Waals surface area contributed by atoms with Crippen molar-refractivity contribution >= 4 is 23.4 Å². The maximum absolute atomic E-state index is 12.7. The van der Waals surface area contributed by atoms with Gasteiger partial charge in [0.25, 0.3) is 0 Å². The molecule has 2 aliphatic rings. The van der Waals surface area contributed by atoms with E-state index in [-0.39, 0.29) is 24.9 Å². The molecule has 2 aromatic rings. The summed E-state index contributed by atoms with van der Waals surface area (Å²) in [5.74, 6) is 1.18. The lowest BCUT2D eigenvalue weighted by Gasteiger charge is -2.38. The molecule has 1 saturated heterocycles. The summed E-state index contributed by atoms with van der Waals surface area (Å²) in [4.78, 5) is 32.7. The molecule has 2 fully saturated rings. The Labute approximate surface area is 155 Å². The van der Waals surface area contributed by atoms with Crippen molar-refractivity contribution < 1.29 is 14.1 Å². The van der Waals surface area contributed by atoms with Crippen LogP contribution in [-0.2, 0) is 22.7 Å². The third kappa shape index (κ3) is 3.31. The topological polar surface area (TPSA) is 79.5 Å². The first-order valence-electron chi connectivity index (χ1n) is 8.67. The lowest BCUT2D eigenvalue weighted by molar-refractivity contribution is -0.156. The Kier molecular flexibility index (Phi) is 4.40. The second-order valence-electron chi connectivity index (χ2n) is 6.81. The van der Waals surface area contributed by atoms with Crippen molar-refractivity contribution in [1.82, 2.24) is 19.9 Å². The fraction of sp³-hybridized carbons (Fsp3) is 0.444. The summed E-state index contributed by atoms with van der Waals surface area (Å²) in [5, 5.41) is 4.53. The van der Waals surface area contributed by atoms with Crippen LogP contribution in [-0.4, -0.2) is 44.3 Å². The van der Waals surface area contributed by atoms with Gasteiger partial charge in [0, 0.05) is 17.5 Å². The Hall–Kier alpha value is -2.41. The molecule has 0 radical (unpaired) electrons. The number of nitrogens with zero attached hydrogens (tertiary/aromatic N) is 4. The van der Waals surface area contributed by atoms with Crippen molar-refractivity contribution in [2.45, 2.75) is 44.8 Å². The first-order valence-corrected chi connectivity index (χ1v) is 9.05. The molecule has 7 nitrogen and oxygen atoms in total. The summed E-state index contributed by atoms with van der Waals surface area (Å²) in [5.41, 5.74) is 0.822. The van der Waals surface area contributed by atoms with Crippen LogP contribution in [0, 0.1) is 0 Å². The SMILES string of the molecule is C[C@H]1C(=O)N(Cc2ccccc2Cl)CC(=O)N1Cc1noc(C2CC2)n1. The van der Waals surface area contributed by atoms with Gasteiger partial charge < -0.3 is 14.3 Å². The third-order valence-corrected chi connectivity index (χ3v) is 5.19. The molecule has 2 amide bonds. The standard InChI is InChI=1S/C18H19ClN4O3/c1-11-18(25)22(8-13-4-2-3-5-14(13)19)10-16(24)23(11)9-15-20-17(26-21-15)12-6-7-12/h2-5,11-12H,6-10H2,1H3/t11-/m0/s1. The first-order chi connectivity index (χ1) is 12.5. The molecule has 1 saturated carbocycles. The van der Waals surface area contributed by atoms with Crippen LogP contribution in [0.25, 0.3) is 0 Å². The fourth-order valence-electron chi connectivity index (χ4n) is 3.12. The molecule has 0 unspecified atom stereocenters. The zero-order valence-corrected chi connectivity index (χ0v) is 15.1. The number of carbonyl (C=O) groups is 2. The van der Waals surface area contributed by atoms with E-state index in [0.717, 1.165) is 18.4 Å². The molecule has 1 aromatic heterocycles. The zero-order chi connectivity index (χ0) is 18.3. The zero-order valence-electron chi connectivity index (χ0n) is 14.4. The summed E-state index contributed by atoms with van der Waals surface area (Å²) >= 11 is 6.17. The average molecular weight is 375 g/mol. The highest BCUT2D eigenvalue weighted by atomic mass is 35.5. The second-order valence-corrected chi connectivity index (χ2v) is 7.21. The van der Waals surface area contributed by atoms with Crippen LogP contribution >= 0.6 is 11.6 Å². The van der Waals surface area contributed by atoms with Gasteiger partial charge in [-0.05, 0) is 31.4 Å². The van der Waals surface area contributed by atoms with Crippen molar-refractivity contribution in [3.63, 3.8) is 0 Å². The van der Waals surface area contributed by atoms with Gasteiger partial charge in [0.1, 0.15) is 12.6 Å². The van der Waals surface area contributed by atoms with E-state index < -0.39 is 6.04 Å². The second kappa shape index (κ2) is 6.72. The smallest absolute Gasteiger partial charge is 0.245 e. The Bertz CT molecular complexity index is 848. The van der Waals surface area contributed by atoms with E-state index >= 15 is 0 Å². The molecule has 1 aliphatic carbocycles. The van der Waals surface area contributed by atoms with E-state index in [1.165, 1.54) is 9.80 Å². The first kappa shape index (κ1) is 17.0. The van der Waals surface area contributed by atoms with Gasteiger partial charge in [0.2, 0.25) is 17.7 Å². The van der Waals surface area contributed by atoms with Gasteiger partial charge in [-0.2, -0.15) is 4.98 Å². The summed E-state index contributed by atoms with van der Waals surface area (Å²) in [7, 11) is 0. The quantitative estimate of drug-likeness (QED) is 0.802. The molecule has 2 heterocycles. The van der Waals surface area contributed by atoms with Crippen molar-refractivity contribution in [3.05, 3.63) is 46.6 Å². The molecular formula is C18H19ClN4O3. The van der Waals surface area contributed by atoms with Crippen LogP contribution in [0.4, 0.5) is 0 Å². The summed E-state index contributed by atoms with van der Waals surface area (Å²) in [6, 6.07) is 6.75. The van der Waals surface area contributed by atoms with Crippen LogP contribution in [0.15, 0.2) is 28.8 Å². The lowest BCUT2D eigenvalue weighted by Crippen LogP contribution is -2.58. The van der Waals surface area contributed by atoms with Gasteiger partial charge in [-0.1, -0.05) is 35.0 Å². The number of amides is 2. The Morgan fingerprint density at radius 3 is 2.73 bits per heavy atom. The van der Waals surface area contributed by atoms with Gasteiger partial charge in [-0.3, -0.25) is 9.59 Å². The predicted molar refractivity (Wildman–Crippen MR) is 93.2 cm³/mol. The highest BCUT2D eigenvalue weighted by Gasteiger charge is 2.37. The molecule has 136 valence electrons. The van der Waals surface area contributed by atoms with Crippen LogP contribution in [0.5, 0.6) is 0 Å². The van der Waals surface area contributed by atoms with Gasteiger partial charge in [0.15, 0.2) is 5.82 Å². The molecule has 0 N–H and O–H groups in total. The number of rotatable bonds is 5. The van der Waals surface area contributed by atoms with E-state index in [1.54, 1.807) is 13.0 Å². The summed E-state index contributed by atoms with van der Waals surface area (Å²) in [6.07, 6.45) is 2.13. The molecule has 4 rings (SSSR count). The summed E-state index contributed by atoms with van der Waals surface area (Å²) in [6.45, 7) is 2.24. The van der Waals surface area contributed by atoms with Crippen molar-refractivity contribution in [1.29, 1.82) is 0 Å². The van der Waals surface area contributed by atoms with E-state index in [4.69, 9.17) is 16.1 Å². The number of carbonyl (C=O) groups excluding carboxylic acids is 2. The molecule has 8 heteroatoms. The number of hydrogen-bond donors (Lipinski definition) is 0. The summed E-state index contributed by atoms with van der Waals surface area (Å²) < 4.78 is 5.23. The molecule has 0 bridgehead atoms. The largest absolute Gasteiger partial charge is 0.339 e. The predicted octanol–water partition coefficient (Wildman–Crippen LogP) is 2.36. The highest BCUT2D eigenvalue weighted by Crippen LogP contribution is 2.38. The van der Waals surface area contributed by atoms with Gasteiger partial charge in [-0.15, -0.1) is 0 Å². The van der Waals surface area contributed by atoms with Crippen molar-refractivity contribution in [2.24, 2.45) is 0 Å². The minimum atomic E-state index is -0.582. The number of aromatic nitrogens is 2. The molecule has 26 heavy (non-hydrogen) atoms. The van der Waals surface area contributed by atoms with E-state index in [9.17, 15) is 9.59 Å². The van der Waals surface area contributed by atoms with E-state index in [2.05, 4.69) is 10.1 Å². The van der Waals surface area contributed by atoms with E-state index in [0.29, 0.717) is 29.2 Å². The fourth-order valence-corrected chi connectivity index (χ4v) is 3.31. The van der Waals surface area contributed by atoms with Crippen molar-refractivity contribution in [3.8, 4) is 0 Å². The monoisotopic (exact) mass is 374 g/mol. The minimum Gasteiger partial charge on any atom is -0.339 e. The number of hydrogen-bond acceptors (Lipinski definition) is 5. The molecule has 1 atom stereocenters. The van der Waals surface area contributed by atoms with Gasteiger partial charge in [0.05, 0.1) is 6.54 Å². The normalized spacial score (nSPS) is 20.8. The van der Waals surface area contributed by atoms with Gasteiger partial charge in [-0.25, -0.2) is 0 Å². The highest BCUT2D eigenvalue weighted by molar-refractivity contribution is 6.31. The number of piperazine rings is 1. The van der Waals surface area contributed by atoms with Crippen LogP contribution < -0.4 is 0 Å². The average Bonchev–Trinajstić information content (AvgIpc) is 3.37. The number of benzene rings is 1. The molecule has 1 aliphatic heterocycles. The minimum absolute atomic E-state index is 0.0156. The molecular weight excluding hydrogens is 356 g/mol. The van der Waals surface area contributed by atoms with Crippen molar-refractivity contribution in [2.75, 3.05) is 6.54 Å². The van der Waals surface area contributed by atoms with Crippen LogP contribution in [0.3, 0.4) is 0 Å². The Morgan fingerprint density at radius 2 is 2.00 bits per heavy atom. The number of halogens is 1. The maximum atomic E-state index is 12.7. The lowest BCUT2D eigenvalue weighted by atomic mass is 10.1. The molecule has 0 spiro atoms. The van der Waals surface area contributed by atoms with Gasteiger partial charge >= 0.3 is 0 Å². The van der Waals surface area contributed by atoms with Crippen LogP contribution in [0.2, 0.25) is 5.02 Å².